The first-order valence-corrected chi connectivity index (χ1v) is 9.65. The Hall–Kier alpha value is -3.15. The fourth-order valence-electron chi connectivity index (χ4n) is 3.62. The lowest BCUT2D eigenvalue weighted by Crippen LogP contribution is -2.76. The van der Waals surface area contributed by atoms with Crippen LogP contribution in [-0.2, 0) is 35.2 Å². The fraction of sp³-hybridized carbons (Fsp3) is 0.500. The molecule has 0 aliphatic carbocycles. The predicted octanol–water partition coefficient (Wildman–Crippen LogP) is 0.692. The van der Waals surface area contributed by atoms with Crippen molar-refractivity contribution in [3.63, 3.8) is 0 Å². The summed E-state index contributed by atoms with van der Waals surface area (Å²) in [6.45, 7) is 1.96. The molecular weight excluding hydrogens is 437 g/mol. The van der Waals surface area contributed by atoms with Gasteiger partial charge < -0.3 is 24.8 Å². The number of ether oxygens (including phenoxy) is 2. The van der Waals surface area contributed by atoms with E-state index in [1.165, 1.54) is 26.0 Å². The number of aliphatic hydroxyl groups is 1. The van der Waals surface area contributed by atoms with Gasteiger partial charge in [-0.15, -0.1) is 0 Å². The van der Waals surface area contributed by atoms with E-state index in [4.69, 9.17) is 0 Å². The highest BCUT2D eigenvalue weighted by Gasteiger charge is 2.84. The lowest BCUT2D eigenvalue weighted by molar-refractivity contribution is -0.291. The van der Waals surface area contributed by atoms with E-state index < -0.39 is 66.9 Å². The molecule has 2 atom stereocenters. The van der Waals surface area contributed by atoms with E-state index in [1.807, 2.05) is 0 Å². The number of amides is 2. The molecule has 0 bridgehead atoms. The summed E-state index contributed by atoms with van der Waals surface area (Å²) in [6, 6.07) is 5.02. The van der Waals surface area contributed by atoms with Gasteiger partial charge in [-0.3, -0.25) is 9.59 Å². The zero-order valence-corrected chi connectivity index (χ0v) is 17.6. The number of halogens is 3. The second-order valence-corrected chi connectivity index (χ2v) is 6.98. The van der Waals surface area contributed by atoms with E-state index in [0.717, 1.165) is 6.92 Å². The number of nitrogens with one attached hydrogen (secondary N) is 1. The summed E-state index contributed by atoms with van der Waals surface area (Å²) in [5.41, 5.74) is -7.73. The van der Waals surface area contributed by atoms with Gasteiger partial charge in [0, 0.05) is 13.5 Å². The minimum atomic E-state index is -5.75. The van der Waals surface area contributed by atoms with Gasteiger partial charge >= 0.3 is 18.1 Å². The molecule has 0 spiro atoms. The Bertz CT molecular complexity index is 873. The Balaban J connectivity index is 2.76. The summed E-state index contributed by atoms with van der Waals surface area (Å²) in [4.78, 5) is 51.0. The largest absolute Gasteiger partial charge is 0.464 e. The van der Waals surface area contributed by atoms with E-state index >= 15 is 0 Å². The number of esters is 2. The highest BCUT2D eigenvalue weighted by molar-refractivity contribution is 6.14. The highest BCUT2D eigenvalue weighted by Crippen LogP contribution is 2.48. The Labute approximate surface area is 181 Å². The van der Waals surface area contributed by atoms with Gasteiger partial charge in [0.1, 0.15) is 0 Å². The van der Waals surface area contributed by atoms with Gasteiger partial charge in [0.15, 0.2) is 6.04 Å². The van der Waals surface area contributed by atoms with Gasteiger partial charge in [-0.25, -0.2) is 9.59 Å². The van der Waals surface area contributed by atoms with Crippen LogP contribution in [0.15, 0.2) is 30.3 Å². The van der Waals surface area contributed by atoms with E-state index in [2.05, 4.69) is 9.47 Å². The highest BCUT2D eigenvalue weighted by atomic mass is 19.4. The minimum absolute atomic E-state index is 0.338. The van der Waals surface area contributed by atoms with Crippen LogP contribution in [0, 0.1) is 0 Å². The zero-order valence-electron chi connectivity index (χ0n) is 17.6. The Morgan fingerprint density at radius 3 is 2.00 bits per heavy atom. The molecule has 1 aliphatic rings. The maximum absolute atomic E-state index is 14.4. The van der Waals surface area contributed by atoms with Crippen molar-refractivity contribution in [1.29, 1.82) is 0 Å². The molecule has 1 aromatic carbocycles. The van der Waals surface area contributed by atoms with Crippen molar-refractivity contribution in [2.24, 2.45) is 0 Å². The molecule has 2 unspecified atom stereocenters. The third-order valence-corrected chi connectivity index (χ3v) is 5.03. The van der Waals surface area contributed by atoms with Crippen LogP contribution in [0.4, 0.5) is 13.2 Å². The van der Waals surface area contributed by atoms with Crippen molar-refractivity contribution in [3.8, 4) is 0 Å². The quantitative estimate of drug-likeness (QED) is 0.454. The molecule has 0 radical (unpaired) electrons. The molecule has 0 saturated carbocycles. The number of rotatable bonds is 7. The second-order valence-electron chi connectivity index (χ2n) is 6.98. The first-order chi connectivity index (χ1) is 14.9. The Morgan fingerprint density at radius 1 is 1.09 bits per heavy atom. The molecular formula is C20H23F3N2O7. The lowest BCUT2D eigenvalue weighted by Gasteiger charge is -2.42. The van der Waals surface area contributed by atoms with Gasteiger partial charge in [0.05, 0.1) is 13.2 Å². The van der Waals surface area contributed by atoms with Gasteiger partial charge in [0.25, 0.3) is 5.54 Å². The molecule has 2 amide bonds. The van der Waals surface area contributed by atoms with Crippen LogP contribution in [0.1, 0.15) is 26.3 Å². The number of alkyl halides is 3. The number of carbonyl (C=O) groups excluding carboxylic acids is 4. The van der Waals surface area contributed by atoms with Crippen LogP contribution in [0.25, 0.3) is 0 Å². The molecule has 1 heterocycles. The first-order valence-electron chi connectivity index (χ1n) is 9.65. The van der Waals surface area contributed by atoms with Crippen LogP contribution in [0.2, 0.25) is 0 Å². The Kier molecular flexibility index (Phi) is 7.18. The molecule has 12 heteroatoms. The molecule has 32 heavy (non-hydrogen) atoms. The van der Waals surface area contributed by atoms with Gasteiger partial charge in [-0.1, -0.05) is 30.3 Å². The molecule has 1 fully saturated rings. The summed E-state index contributed by atoms with van der Waals surface area (Å²) in [5, 5.41) is 12.7. The maximum Gasteiger partial charge on any atom is 0.423 e. The minimum Gasteiger partial charge on any atom is -0.464 e. The van der Waals surface area contributed by atoms with E-state index in [1.54, 1.807) is 23.5 Å². The van der Waals surface area contributed by atoms with Crippen LogP contribution in [0.3, 0.4) is 0 Å². The summed E-state index contributed by atoms with van der Waals surface area (Å²) in [7, 11) is 0. The van der Waals surface area contributed by atoms with Crippen LogP contribution in [0.5, 0.6) is 0 Å². The Morgan fingerprint density at radius 2 is 1.59 bits per heavy atom. The van der Waals surface area contributed by atoms with E-state index in [-0.39, 0.29) is 0 Å². The van der Waals surface area contributed by atoms with Crippen molar-refractivity contribution in [2.75, 3.05) is 13.2 Å². The van der Waals surface area contributed by atoms with Crippen molar-refractivity contribution in [1.82, 2.24) is 10.2 Å². The molecule has 176 valence electrons. The average Bonchev–Trinajstić information content (AvgIpc) is 2.96. The molecule has 2 rings (SSSR count). The first kappa shape index (κ1) is 25.1. The van der Waals surface area contributed by atoms with Crippen molar-refractivity contribution in [2.45, 2.75) is 50.7 Å². The average molecular weight is 460 g/mol. The summed E-state index contributed by atoms with van der Waals surface area (Å²) in [5.74, 6) is -6.31. The number of carbonyl (C=O) groups is 4. The molecule has 0 aromatic heterocycles. The fourth-order valence-corrected chi connectivity index (χ4v) is 3.62. The van der Waals surface area contributed by atoms with Crippen LogP contribution < -0.4 is 5.32 Å². The smallest absolute Gasteiger partial charge is 0.423 e. The molecule has 9 nitrogen and oxygen atoms in total. The SMILES string of the molecule is CCOC(=O)C1(C(=O)OCC)NC(=O)C(N(Cc2ccccc2)C(C)=O)C1(O)C(F)(F)F. The van der Waals surface area contributed by atoms with Gasteiger partial charge in [0.2, 0.25) is 17.4 Å². The van der Waals surface area contributed by atoms with Gasteiger partial charge in [-0.2, -0.15) is 13.2 Å². The monoisotopic (exact) mass is 460 g/mol. The van der Waals surface area contributed by atoms with Crippen LogP contribution >= 0.6 is 0 Å². The zero-order chi connectivity index (χ0) is 24.3. The predicted molar refractivity (Wildman–Crippen MR) is 102 cm³/mol. The van der Waals surface area contributed by atoms with Gasteiger partial charge in [-0.05, 0) is 19.4 Å². The van der Waals surface area contributed by atoms with Crippen LogP contribution in [-0.4, -0.2) is 70.3 Å². The molecule has 1 aliphatic heterocycles. The third kappa shape index (κ3) is 3.90. The summed E-state index contributed by atoms with van der Waals surface area (Å²) >= 11 is 0. The lowest BCUT2D eigenvalue weighted by atomic mass is 9.76. The molecule has 2 N–H and O–H groups in total. The topological polar surface area (TPSA) is 122 Å². The molecule has 1 saturated heterocycles. The molecule has 1 aromatic rings. The van der Waals surface area contributed by atoms with E-state index in [0.29, 0.717) is 10.5 Å². The van der Waals surface area contributed by atoms with Crippen molar-refractivity contribution < 1.29 is 46.9 Å². The number of hydrogen-bond acceptors (Lipinski definition) is 7. The normalized spacial score (nSPS) is 22.1. The second kappa shape index (κ2) is 9.15. The van der Waals surface area contributed by atoms with Crippen molar-refractivity contribution in [3.05, 3.63) is 35.9 Å². The summed E-state index contributed by atoms with van der Waals surface area (Å²) < 4.78 is 52.5. The van der Waals surface area contributed by atoms with E-state index in [9.17, 15) is 37.5 Å². The number of benzene rings is 1. The standard InChI is InChI=1S/C20H23F3N2O7/c1-4-31-16(28)18(17(29)32-5-2)19(30,20(21,22)23)14(15(27)24-18)25(12(3)26)11-13-9-7-6-8-10-13/h6-10,14,30H,4-5,11H2,1-3H3,(H,24,27). The third-order valence-electron chi connectivity index (χ3n) is 5.03. The summed E-state index contributed by atoms with van der Waals surface area (Å²) in [6.07, 6.45) is -5.75. The van der Waals surface area contributed by atoms with Crippen molar-refractivity contribution >= 4 is 23.8 Å². The maximum atomic E-state index is 14.4. The number of hydrogen-bond donors (Lipinski definition) is 2. The number of nitrogens with zero attached hydrogens (tertiary/aromatic N) is 1.